The summed E-state index contributed by atoms with van der Waals surface area (Å²) in [4.78, 5) is 26.9. The van der Waals surface area contributed by atoms with Crippen LogP contribution in [0.4, 0.5) is 0 Å². The van der Waals surface area contributed by atoms with E-state index < -0.39 is 5.97 Å². The Morgan fingerprint density at radius 2 is 2.00 bits per heavy atom. The number of carbonyl (C=O) groups is 2. The minimum Gasteiger partial charge on any atom is -0.426 e. The van der Waals surface area contributed by atoms with Crippen LogP contribution in [0, 0.1) is 6.92 Å². The third-order valence-corrected chi connectivity index (χ3v) is 2.72. The fourth-order valence-corrected chi connectivity index (χ4v) is 1.66. The van der Waals surface area contributed by atoms with Crippen molar-refractivity contribution in [2.75, 3.05) is 0 Å². The lowest BCUT2D eigenvalue weighted by atomic mass is 10.2. The molecular formula is C16H15N3O3. The zero-order valence-corrected chi connectivity index (χ0v) is 12.2. The van der Waals surface area contributed by atoms with Crippen LogP contribution in [0.5, 0.6) is 5.75 Å². The topological polar surface area (TPSA) is 80.6 Å². The lowest BCUT2D eigenvalue weighted by Gasteiger charge is -2.04. The smallest absolute Gasteiger partial charge is 0.308 e. The van der Waals surface area contributed by atoms with E-state index in [-0.39, 0.29) is 5.91 Å². The Bertz CT molecular complexity index is 709. The summed E-state index contributed by atoms with van der Waals surface area (Å²) in [6.07, 6.45) is 2.89. The predicted octanol–water partition coefficient (Wildman–Crippen LogP) is 2.08. The molecular weight excluding hydrogens is 282 g/mol. The molecule has 0 saturated heterocycles. The molecule has 1 amide bonds. The van der Waals surface area contributed by atoms with E-state index >= 15 is 0 Å². The van der Waals surface area contributed by atoms with Crippen molar-refractivity contribution in [2.45, 2.75) is 13.8 Å². The normalized spacial score (nSPS) is 10.5. The Morgan fingerprint density at radius 3 is 2.68 bits per heavy atom. The molecule has 6 nitrogen and oxygen atoms in total. The summed E-state index contributed by atoms with van der Waals surface area (Å²) in [5, 5.41) is 3.86. The third kappa shape index (κ3) is 4.24. The highest BCUT2D eigenvalue weighted by Crippen LogP contribution is 2.15. The monoisotopic (exact) mass is 297 g/mol. The number of hydrazone groups is 1. The molecule has 0 aliphatic carbocycles. The highest BCUT2D eigenvalue weighted by Gasteiger charge is 2.05. The van der Waals surface area contributed by atoms with Crippen molar-refractivity contribution < 1.29 is 14.3 Å². The average Bonchev–Trinajstić information content (AvgIpc) is 2.49. The number of aromatic nitrogens is 1. The second-order valence-electron chi connectivity index (χ2n) is 4.52. The number of para-hydroxylation sites is 1. The second kappa shape index (κ2) is 7.12. The number of nitrogens with zero attached hydrogens (tertiary/aromatic N) is 2. The van der Waals surface area contributed by atoms with E-state index in [1.54, 1.807) is 36.4 Å². The number of pyridine rings is 1. The fraction of sp³-hybridized carbons (Fsp3) is 0.125. The first kappa shape index (κ1) is 15.4. The molecule has 22 heavy (non-hydrogen) atoms. The minimum atomic E-state index is -0.421. The number of hydrogen-bond donors (Lipinski definition) is 1. The van der Waals surface area contributed by atoms with E-state index in [4.69, 9.17) is 4.74 Å². The Morgan fingerprint density at radius 1 is 1.23 bits per heavy atom. The van der Waals surface area contributed by atoms with Gasteiger partial charge < -0.3 is 4.74 Å². The number of aryl methyl sites for hydroxylation is 1. The fourth-order valence-electron chi connectivity index (χ4n) is 1.66. The standard InChI is InChI=1S/C16H15N3O3/c1-11-7-8-14(9-17-11)16(21)19-18-10-13-5-3-4-6-15(13)22-12(2)20/h3-10H,1-2H3,(H,19,21). The molecule has 2 rings (SSSR count). The van der Waals surface area contributed by atoms with Crippen LogP contribution in [-0.2, 0) is 4.79 Å². The first-order valence-corrected chi connectivity index (χ1v) is 6.60. The highest BCUT2D eigenvalue weighted by molar-refractivity contribution is 5.94. The Kier molecular flexibility index (Phi) is 4.98. The number of benzene rings is 1. The lowest BCUT2D eigenvalue weighted by molar-refractivity contribution is -0.131. The molecule has 0 bridgehead atoms. The van der Waals surface area contributed by atoms with Crippen LogP contribution in [0.25, 0.3) is 0 Å². The van der Waals surface area contributed by atoms with Crippen molar-refractivity contribution in [1.82, 2.24) is 10.4 Å². The first-order valence-electron chi connectivity index (χ1n) is 6.60. The number of rotatable bonds is 4. The molecule has 2 aromatic rings. The van der Waals surface area contributed by atoms with Gasteiger partial charge in [-0.3, -0.25) is 14.6 Å². The van der Waals surface area contributed by atoms with Gasteiger partial charge in [-0.15, -0.1) is 0 Å². The molecule has 1 aromatic carbocycles. The molecule has 1 aromatic heterocycles. The number of ether oxygens (including phenoxy) is 1. The van der Waals surface area contributed by atoms with Gasteiger partial charge in [0.25, 0.3) is 5.91 Å². The Hall–Kier alpha value is -3.02. The predicted molar refractivity (Wildman–Crippen MR) is 81.8 cm³/mol. The molecule has 0 fully saturated rings. The molecule has 0 spiro atoms. The number of nitrogens with one attached hydrogen (secondary N) is 1. The van der Waals surface area contributed by atoms with Gasteiger partial charge in [0.05, 0.1) is 11.8 Å². The highest BCUT2D eigenvalue weighted by atomic mass is 16.5. The van der Waals surface area contributed by atoms with Crippen LogP contribution in [0.1, 0.15) is 28.5 Å². The summed E-state index contributed by atoms with van der Waals surface area (Å²) in [5.41, 5.74) is 4.22. The maximum Gasteiger partial charge on any atom is 0.308 e. The van der Waals surface area contributed by atoms with Crippen LogP contribution < -0.4 is 10.2 Å². The quantitative estimate of drug-likeness (QED) is 0.405. The number of hydrogen-bond acceptors (Lipinski definition) is 5. The van der Waals surface area contributed by atoms with Crippen LogP contribution >= 0.6 is 0 Å². The lowest BCUT2D eigenvalue weighted by Crippen LogP contribution is -2.18. The molecule has 0 saturated carbocycles. The second-order valence-corrected chi connectivity index (χ2v) is 4.52. The van der Waals surface area contributed by atoms with Gasteiger partial charge in [-0.25, -0.2) is 5.43 Å². The maximum atomic E-state index is 11.9. The van der Waals surface area contributed by atoms with E-state index in [0.717, 1.165) is 5.69 Å². The van der Waals surface area contributed by atoms with Crippen molar-refractivity contribution in [3.8, 4) is 5.75 Å². The zero-order valence-electron chi connectivity index (χ0n) is 12.2. The molecule has 0 aliphatic heterocycles. The van der Waals surface area contributed by atoms with Crippen LogP contribution in [0.2, 0.25) is 0 Å². The Balaban J connectivity index is 2.05. The summed E-state index contributed by atoms with van der Waals surface area (Å²) >= 11 is 0. The number of carbonyl (C=O) groups excluding carboxylic acids is 2. The molecule has 0 unspecified atom stereocenters. The van der Waals surface area contributed by atoms with E-state index in [1.807, 2.05) is 6.92 Å². The molecule has 1 heterocycles. The number of esters is 1. The average molecular weight is 297 g/mol. The molecule has 0 radical (unpaired) electrons. The molecule has 0 aliphatic rings. The molecule has 112 valence electrons. The zero-order chi connectivity index (χ0) is 15.9. The van der Waals surface area contributed by atoms with Gasteiger partial charge in [-0.1, -0.05) is 12.1 Å². The van der Waals surface area contributed by atoms with Crippen molar-refractivity contribution >= 4 is 18.1 Å². The van der Waals surface area contributed by atoms with Crippen LogP contribution in [-0.4, -0.2) is 23.1 Å². The summed E-state index contributed by atoms with van der Waals surface area (Å²) < 4.78 is 5.05. The largest absolute Gasteiger partial charge is 0.426 e. The Labute approximate surface area is 127 Å². The van der Waals surface area contributed by atoms with Gasteiger partial charge in [0.15, 0.2) is 0 Å². The van der Waals surface area contributed by atoms with Gasteiger partial charge in [0.1, 0.15) is 5.75 Å². The van der Waals surface area contributed by atoms with Gasteiger partial charge in [-0.2, -0.15) is 5.10 Å². The van der Waals surface area contributed by atoms with E-state index in [0.29, 0.717) is 16.9 Å². The van der Waals surface area contributed by atoms with Gasteiger partial charge in [-0.05, 0) is 31.2 Å². The van der Waals surface area contributed by atoms with Crippen LogP contribution in [0.3, 0.4) is 0 Å². The van der Waals surface area contributed by atoms with Gasteiger partial charge in [0.2, 0.25) is 0 Å². The van der Waals surface area contributed by atoms with E-state index in [2.05, 4.69) is 15.5 Å². The summed E-state index contributed by atoms with van der Waals surface area (Å²) in [6.45, 7) is 3.16. The first-order chi connectivity index (χ1) is 10.6. The van der Waals surface area contributed by atoms with E-state index in [1.165, 1.54) is 19.3 Å². The number of amides is 1. The van der Waals surface area contributed by atoms with Crippen molar-refractivity contribution in [3.63, 3.8) is 0 Å². The van der Waals surface area contributed by atoms with Gasteiger partial charge in [0, 0.05) is 24.4 Å². The maximum absolute atomic E-state index is 11.9. The minimum absolute atomic E-state index is 0.367. The molecule has 1 N–H and O–H groups in total. The van der Waals surface area contributed by atoms with Crippen molar-refractivity contribution in [3.05, 3.63) is 59.4 Å². The summed E-state index contributed by atoms with van der Waals surface area (Å²) in [5.74, 6) is -0.408. The van der Waals surface area contributed by atoms with E-state index in [9.17, 15) is 9.59 Å². The van der Waals surface area contributed by atoms with Crippen molar-refractivity contribution in [1.29, 1.82) is 0 Å². The molecule has 0 atom stereocenters. The SMILES string of the molecule is CC(=O)Oc1ccccc1C=NNC(=O)c1ccc(C)nc1. The molecule has 6 heteroatoms. The summed E-state index contributed by atoms with van der Waals surface area (Å²) in [6, 6.07) is 10.3. The van der Waals surface area contributed by atoms with Crippen LogP contribution in [0.15, 0.2) is 47.7 Å². The van der Waals surface area contributed by atoms with Gasteiger partial charge >= 0.3 is 5.97 Å². The van der Waals surface area contributed by atoms with Crippen molar-refractivity contribution in [2.24, 2.45) is 5.10 Å². The summed E-state index contributed by atoms with van der Waals surface area (Å²) in [7, 11) is 0. The third-order valence-electron chi connectivity index (χ3n) is 2.72.